The minimum Gasteiger partial charge on any atom is -0.368 e. The van der Waals surface area contributed by atoms with Gasteiger partial charge in [0, 0.05) is 36.5 Å². The summed E-state index contributed by atoms with van der Waals surface area (Å²) in [5, 5.41) is 0. The zero-order valence-corrected chi connectivity index (χ0v) is 12.7. The van der Waals surface area contributed by atoms with E-state index in [9.17, 15) is 0 Å². The third kappa shape index (κ3) is 3.42. The lowest BCUT2D eigenvalue weighted by Gasteiger charge is -2.24. The molecule has 4 nitrogen and oxygen atoms in total. The van der Waals surface area contributed by atoms with E-state index in [-0.39, 0.29) is 0 Å². The number of hydrogen-bond acceptors (Lipinski definition) is 4. The predicted molar refractivity (Wildman–Crippen MR) is 83.4 cm³/mol. The minimum atomic E-state index is 0.643. The Morgan fingerprint density at radius 1 is 1.32 bits per heavy atom. The smallest absolute Gasteiger partial charge is 0.112 e. The van der Waals surface area contributed by atoms with Gasteiger partial charge >= 0.3 is 0 Å². The van der Waals surface area contributed by atoms with Crippen LogP contribution in [0.15, 0.2) is 29.0 Å². The Labute approximate surface area is 122 Å². The summed E-state index contributed by atoms with van der Waals surface area (Å²) in [5.41, 5.74) is 8.69. The number of hydrogen-bond donors (Lipinski definition) is 1. The Hall–Kier alpha value is -1.20. The molecule has 0 aromatic carbocycles. The van der Waals surface area contributed by atoms with Crippen LogP contribution in [-0.2, 0) is 0 Å². The summed E-state index contributed by atoms with van der Waals surface area (Å²) in [6, 6.07) is 4.01. The van der Waals surface area contributed by atoms with Crippen LogP contribution in [0.25, 0.3) is 11.0 Å². The summed E-state index contributed by atoms with van der Waals surface area (Å²) in [6.45, 7) is 4.69. The first-order valence-corrected chi connectivity index (χ1v) is 7.41. The van der Waals surface area contributed by atoms with Gasteiger partial charge in [0.2, 0.25) is 0 Å². The third-order valence-electron chi connectivity index (χ3n) is 3.04. The van der Waals surface area contributed by atoms with Gasteiger partial charge in [0.25, 0.3) is 0 Å². The molecule has 2 aromatic heterocycles. The molecule has 0 radical (unpaired) electrons. The standard InChI is InChI=1S/C14H19BrN4/c1-2-3-7-19(8-5-16)13-4-6-17-12-9-11(15)10-18-14(12)13/h4,6,9-10H,2-3,5,7-8,16H2,1H3. The van der Waals surface area contributed by atoms with Gasteiger partial charge in [0.05, 0.1) is 11.2 Å². The Morgan fingerprint density at radius 2 is 2.16 bits per heavy atom. The Morgan fingerprint density at radius 3 is 2.89 bits per heavy atom. The van der Waals surface area contributed by atoms with Gasteiger partial charge in [0.15, 0.2) is 0 Å². The molecule has 0 saturated carbocycles. The molecule has 0 fully saturated rings. The Kier molecular flexibility index (Phi) is 5.10. The van der Waals surface area contributed by atoms with Crippen LogP contribution in [0.1, 0.15) is 19.8 Å². The van der Waals surface area contributed by atoms with Crippen molar-refractivity contribution >= 4 is 32.7 Å². The second kappa shape index (κ2) is 6.82. The highest BCUT2D eigenvalue weighted by Gasteiger charge is 2.11. The van der Waals surface area contributed by atoms with Gasteiger partial charge in [-0.15, -0.1) is 0 Å². The number of nitrogens with zero attached hydrogens (tertiary/aromatic N) is 3. The summed E-state index contributed by atoms with van der Waals surface area (Å²) in [7, 11) is 0. The molecule has 0 atom stereocenters. The summed E-state index contributed by atoms with van der Waals surface area (Å²) in [4.78, 5) is 11.2. The van der Waals surface area contributed by atoms with E-state index in [0.717, 1.165) is 40.7 Å². The number of rotatable bonds is 6. The number of anilines is 1. The van der Waals surface area contributed by atoms with Gasteiger partial charge in [-0.1, -0.05) is 13.3 Å². The maximum absolute atomic E-state index is 5.72. The van der Waals surface area contributed by atoms with Crippen LogP contribution >= 0.6 is 15.9 Å². The van der Waals surface area contributed by atoms with Crippen molar-refractivity contribution in [1.29, 1.82) is 0 Å². The largest absolute Gasteiger partial charge is 0.368 e. The molecule has 0 unspecified atom stereocenters. The molecule has 2 aromatic rings. The molecule has 19 heavy (non-hydrogen) atoms. The number of aromatic nitrogens is 2. The normalized spacial score (nSPS) is 10.9. The van der Waals surface area contributed by atoms with Crippen LogP contribution in [-0.4, -0.2) is 29.6 Å². The molecule has 2 rings (SSSR count). The fourth-order valence-corrected chi connectivity index (χ4v) is 2.42. The summed E-state index contributed by atoms with van der Waals surface area (Å²) < 4.78 is 0.948. The monoisotopic (exact) mass is 322 g/mol. The predicted octanol–water partition coefficient (Wildman–Crippen LogP) is 2.96. The Bertz CT molecular complexity index is 544. The van der Waals surface area contributed by atoms with Gasteiger partial charge in [-0.05, 0) is 34.5 Å². The number of halogens is 1. The lowest BCUT2D eigenvalue weighted by molar-refractivity contribution is 0.716. The first kappa shape index (κ1) is 14.2. The molecule has 0 saturated heterocycles. The van der Waals surface area contributed by atoms with E-state index in [2.05, 4.69) is 37.7 Å². The van der Waals surface area contributed by atoms with Crippen molar-refractivity contribution in [2.45, 2.75) is 19.8 Å². The van der Waals surface area contributed by atoms with E-state index >= 15 is 0 Å². The van der Waals surface area contributed by atoms with Crippen molar-refractivity contribution in [1.82, 2.24) is 9.97 Å². The van der Waals surface area contributed by atoms with E-state index in [1.54, 1.807) is 0 Å². The van der Waals surface area contributed by atoms with Gasteiger partial charge < -0.3 is 10.6 Å². The van der Waals surface area contributed by atoms with Crippen molar-refractivity contribution in [2.75, 3.05) is 24.5 Å². The molecule has 2 N–H and O–H groups in total. The van der Waals surface area contributed by atoms with Gasteiger partial charge in [-0.25, -0.2) is 0 Å². The van der Waals surface area contributed by atoms with Gasteiger partial charge in [0.1, 0.15) is 5.52 Å². The fraction of sp³-hybridized carbons (Fsp3) is 0.429. The average Bonchev–Trinajstić information content (AvgIpc) is 2.42. The number of fused-ring (bicyclic) bond motifs is 1. The molecular formula is C14H19BrN4. The SMILES string of the molecule is CCCCN(CCN)c1ccnc2cc(Br)cnc12. The summed E-state index contributed by atoms with van der Waals surface area (Å²) in [6.07, 6.45) is 5.97. The van der Waals surface area contributed by atoms with E-state index in [1.165, 1.54) is 6.42 Å². The zero-order valence-electron chi connectivity index (χ0n) is 11.1. The quantitative estimate of drug-likeness (QED) is 0.888. The topological polar surface area (TPSA) is 55.0 Å². The molecule has 0 amide bonds. The molecule has 2 heterocycles. The van der Waals surface area contributed by atoms with Gasteiger partial charge in [-0.3, -0.25) is 9.97 Å². The molecule has 0 aliphatic rings. The number of unbranched alkanes of at least 4 members (excludes halogenated alkanes) is 1. The van der Waals surface area contributed by atoms with Crippen LogP contribution in [0.2, 0.25) is 0 Å². The fourth-order valence-electron chi connectivity index (χ4n) is 2.10. The lowest BCUT2D eigenvalue weighted by atomic mass is 10.2. The highest BCUT2D eigenvalue weighted by Crippen LogP contribution is 2.25. The molecule has 102 valence electrons. The van der Waals surface area contributed by atoms with Crippen LogP contribution in [0.4, 0.5) is 5.69 Å². The number of nitrogens with two attached hydrogens (primary N) is 1. The molecule has 0 spiro atoms. The second-order valence-electron chi connectivity index (χ2n) is 4.48. The van der Waals surface area contributed by atoms with Crippen LogP contribution < -0.4 is 10.6 Å². The van der Waals surface area contributed by atoms with Crippen LogP contribution in [0, 0.1) is 0 Å². The zero-order chi connectivity index (χ0) is 13.7. The van der Waals surface area contributed by atoms with E-state index in [4.69, 9.17) is 5.73 Å². The summed E-state index contributed by atoms with van der Waals surface area (Å²) in [5.74, 6) is 0. The molecule has 0 aliphatic heterocycles. The van der Waals surface area contributed by atoms with Gasteiger partial charge in [-0.2, -0.15) is 0 Å². The maximum Gasteiger partial charge on any atom is 0.112 e. The highest BCUT2D eigenvalue weighted by atomic mass is 79.9. The van der Waals surface area contributed by atoms with Crippen molar-refractivity contribution in [3.8, 4) is 0 Å². The van der Waals surface area contributed by atoms with E-state index in [1.807, 2.05) is 24.5 Å². The van der Waals surface area contributed by atoms with Crippen LogP contribution in [0.5, 0.6) is 0 Å². The molecule has 5 heteroatoms. The average molecular weight is 323 g/mol. The maximum atomic E-state index is 5.72. The molecular weight excluding hydrogens is 304 g/mol. The Balaban J connectivity index is 2.40. The highest BCUT2D eigenvalue weighted by molar-refractivity contribution is 9.10. The van der Waals surface area contributed by atoms with Crippen molar-refractivity contribution in [3.63, 3.8) is 0 Å². The second-order valence-corrected chi connectivity index (χ2v) is 5.40. The minimum absolute atomic E-state index is 0.643. The van der Waals surface area contributed by atoms with Crippen molar-refractivity contribution < 1.29 is 0 Å². The van der Waals surface area contributed by atoms with E-state index in [0.29, 0.717) is 6.54 Å². The first-order valence-electron chi connectivity index (χ1n) is 6.61. The molecule has 0 aliphatic carbocycles. The third-order valence-corrected chi connectivity index (χ3v) is 3.48. The van der Waals surface area contributed by atoms with Crippen molar-refractivity contribution in [2.24, 2.45) is 5.73 Å². The van der Waals surface area contributed by atoms with Crippen molar-refractivity contribution in [3.05, 3.63) is 29.0 Å². The lowest BCUT2D eigenvalue weighted by Crippen LogP contribution is -2.30. The van der Waals surface area contributed by atoms with E-state index < -0.39 is 0 Å². The first-order chi connectivity index (χ1) is 9.26. The molecule has 0 bridgehead atoms. The number of pyridine rings is 2. The van der Waals surface area contributed by atoms with Crippen LogP contribution in [0.3, 0.4) is 0 Å². The summed E-state index contributed by atoms with van der Waals surface area (Å²) >= 11 is 3.43.